The molecule has 2 fully saturated rings. The van der Waals surface area contributed by atoms with Crippen LogP contribution in [-0.4, -0.2) is 54.2 Å². The van der Waals surface area contributed by atoms with E-state index in [4.69, 9.17) is 0 Å². The van der Waals surface area contributed by atoms with E-state index in [1.807, 2.05) is 25.3 Å². The van der Waals surface area contributed by atoms with Crippen molar-refractivity contribution < 1.29 is 4.79 Å². The van der Waals surface area contributed by atoms with Crippen LogP contribution < -0.4 is 10.2 Å². The lowest BCUT2D eigenvalue weighted by molar-refractivity contribution is 0.0930. The van der Waals surface area contributed by atoms with E-state index in [0.717, 1.165) is 72.3 Å². The van der Waals surface area contributed by atoms with Gasteiger partial charge in [-0.05, 0) is 44.5 Å². The van der Waals surface area contributed by atoms with Crippen LogP contribution >= 0.6 is 0 Å². The summed E-state index contributed by atoms with van der Waals surface area (Å²) in [4.78, 5) is 18.0. The number of rotatable bonds is 4. The monoisotopic (exact) mass is 389 g/mol. The van der Waals surface area contributed by atoms with Gasteiger partial charge in [0.05, 0.1) is 17.3 Å². The Hall–Kier alpha value is -2.86. The number of para-hydroxylation sites is 1. The number of piperazine rings is 1. The van der Waals surface area contributed by atoms with E-state index in [1.54, 1.807) is 0 Å². The lowest BCUT2D eigenvalue weighted by atomic mass is 10.00. The predicted molar refractivity (Wildman–Crippen MR) is 115 cm³/mol. The lowest BCUT2D eigenvalue weighted by Gasteiger charge is -2.34. The van der Waals surface area contributed by atoms with Crippen molar-refractivity contribution in [2.24, 2.45) is 0 Å². The van der Waals surface area contributed by atoms with Crippen LogP contribution in [0.5, 0.6) is 0 Å². The van der Waals surface area contributed by atoms with Gasteiger partial charge in [0.1, 0.15) is 0 Å². The molecule has 0 radical (unpaired) electrons. The molecule has 1 saturated heterocycles. The molecule has 6 nitrogen and oxygen atoms in total. The maximum atomic E-state index is 13.3. The number of likely N-dealkylation sites (N-methyl/N-ethyl adjacent to an activating group) is 1. The zero-order valence-electron chi connectivity index (χ0n) is 17.0. The lowest BCUT2D eigenvalue weighted by Crippen LogP contribution is -2.44. The van der Waals surface area contributed by atoms with Crippen LogP contribution in [0.2, 0.25) is 0 Å². The van der Waals surface area contributed by atoms with Crippen molar-refractivity contribution >= 4 is 22.5 Å². The van der Waals surface area contributed by atoms with Gasteiger partial charge in [0.15, 0.2) is 0 Å². The normalized spacial score (nSPS) is 18.8. The maximum Gasteiger partial charge on any atom is 0.252 e. The molecule has 1 amide bonds. The minimum absolute atomic E-state index is 0.00694. The van der Waals surface area contributed by atoms with Crippen molar-refractivity contribution in [2.45, 2.75) is 25.3 Å². The third-order valence-corrected chi connectivity index (χ3v) is 6.43. The van der Waals surface area contributed by atoms with E-state index < -0.39 is 0 Å². The second-order valence-electron chi connectivity index (χ2n) is 8.47. The fraction of sp³-hybridized carbons (Fsp3) is 0.391. The highest BCUT2D eigenvalue weighted by Crippen LogP contribution is 2.47. The molecule has 0 spiro atoms. The molecule has 0 unspecified atom stereocenters. The van der Waals surface area contributed by atoms with Crippen molar-refractivity contribution in [3.63, 3.8) is 0 Å². The quantitative estimate of drug-likeness (QED) is 0.720. The Kier molecular flexibility index (Phi) is 4.32. The number of fused-ring (bicyclic) bond motifs is 1. The number of anilines is 1. The fourth-order valence-corrected chi connectivity index (χ4v) is 4.35. The van der Waals surface area contributed by atoms with Gasteiger partial charge in [-0.1, -0.05) is 24.3 Å². The molecule has 150 valence electrons. The summed E-state index contributed by atoms with van der Waals surface area (Å²) in [6.07, 6.45) is 3.74. The summed E-state index contributed by atoms with van der Waals surface area (Å²) in [6.45, 7) is 6.09. The van der Waals surface area contributed by atoms with E-state index in [1.165, 1.54) is 0 Å². The standard InChI is InChI=1S/C23H27N5O/c1-16-6-7-18(28-12-10-27(2)11-13-28)14-19(16)22(29)25-23(8-9-23)20-5-3-4-17-15-24-26-21(17)20/h3-7,14-15H,8-13H2,1-2H3,(H,24,26)(H,25,29). The molecule has 1 aromatic heterocycles. The number of hydrogen-bond acceptors (Lipinski definition) is 4. The summed E-state index contributed by atoms with van der Waals surface area (Å²) >= 11 is 0. The molecule has 0 bridgehead atoms. The number of aromatic amines is 1. The molecule has 29 heavy (non-hydrogen) atoms. The number of hydrogen-bond donors (Lipinski definition) is 2. The minimum Gasteiger partial charge on any atom is -0.369 e. The van der Waals surface area contributed by atoms with Crippen LogP contribution in [0.1, 0.15) is 34.3 Å². The summed E-state index contributed by atoms with van der Waals surface area (Å²) in [5.41, 5.74) is 4.77. The van der Waals surface area contributed by atoms with Crippen LogP contribution in [0.4, 0.5) is 5.69 Å². The van der Waals surface area contributed by atoms with Gasteiger partial charge in [-0.3, -0.25) is 9.89 Å². The third-order valence-electron chi connectivity index (χ3n) is 6.43. The van der Waals surface area contributed by atoms with E-state index in [-0.39, 0.29) is 11.4 Å². The van der Waals surface area contributed by atoms with Gasteiger partial charge < -0.3 is 15.1 Å². The van der Waals surface area contributed by atoms with Crippen molar-refractivity contribution in [1.29, 1.82) is 0 Å². The summed E-state index contributed by atoms with van der Waals surface area (Å²) in [7, 11) is 2.15. The largest absolute Gasteiger partial charge is 0.369 e. The topological polar surface area (TPSA) is 64.3 Å². The van der Waals surface area contributed by atoms with E-state index in [0.29, 0.717) is 0 Å². The van der Waals surface area contributed by atoms with Gasteiger partial charge in [0, 0.05) is 48.4 Å². The van der Waals surface area contributed by atoms with E-state index in [9.17, 15) is 4.79 Å². The maximum absolute atomic E-state index is 13.3. The summed E-state index contributed by atoms with van der Waals surface area (Å²) in [5, 5.41) is 11.7. The van der Waals surface area contributed by atoms with E-state index in [2.05, 4.69) is 56.6 Å². The summed E-state index contributed by atoms with van der Waals surface area (Å²) in [5.74, 6) is 0.00694. The van der Waals surface area contributed by atoms with Gasteiger partial charge in [0.2, 0.25) is 0 Å². The first-order chi connectivity index (χ1) is 14.1. The Labute approximate surface area is 170 Å². The zero-order chi connectivity index (χ0) is 20.0. The number of amides is 1. The molecule has 1 aliphatic carbocycles. The fourth-order valence-electron chi connectivity index (χ4n) is 4.35. The van der Waals surface area contributed by atoms with Crippen molar-refractivity contribution in [3.8, 4) is 0 Å². The highest BCUT2D eigenvalue weighted by atomic mass is 16.1. The van der Waals surface area contributed by atoms with Gasteiger partial charge in [-0.15, -0.1) is 0 Å². The Balaban J connectivity index is 1.41. The first-order valence-corrected chi connectivity index (χ1v) is 10.3. The molecule has 2 aliphatic rings. The molecule has 1 aliphatic heterocycles. The molecule has 5 rings (SSSR count). The van der Waals surface area contributed by atoms with Crippen LogP contribution in [-0.2, 0) is 5.54 Å². The van der Waals surface area contributed by atoms with Crippen molar-refractivity contribution in [2.75, 3.05) is 38.1 Å². The predicted octanol–water partition coefficient (Wildman–Crippen LogP) is 3.04. The number of nitrogens with zero attached hydrogens (tertiary/aromatic N) is 3. The van der Waals surface area contributed by atoms with Crippen molar-refractivity contribution in [3.05, 3.63) is 59.3 Å². The number of nitrogens with one attached hydrogen (secondary N) is 2. The number of carbonyl (C=O) groups excluding carboxylic acids is 1. The van der Waals surface area contributed by atoms with Crippen LogP contribution in [0.3, 0.4) is 0 Å². The van der Waals surface area contributed by atoms with Crippen molar-refractivity contribution in [1.82, 2.24) is 20.4 Å². The van der Waals surface area contributed by atoms with Crippen LogP contribution in [0.25, 0.3) is 10.9 Å². The minimum atomic E-state index is -0.292. The first kappa shape index (κ1) is 18.2. The molecule has 2 N–H and O–H groups in total. The Morgan fingerprint density at radius 1 is 1.14 bits per heavy atom. The molecule has 3 aromatic rings. The molecular weight excluding hydrogens is 362 g/mol. The smallest absolute Gasteiger partial charge is 0.252 e. The summed E-state index contributed by atoms with van der Waals surface area (Å²) in [6, 6.07) is 12.4. The molecule has 2 heterocycles. The third kappa shape index (κ3) is 3.27. The number of H-pyrrole nitrogens is 1. The Morgan fingerprint density at radius 2 is 1.93 bits per heavy atom. The molecule has 0 atom stereocenters. The summed E-state index contributed by atoms with van der Waals surface area (Å²) < 4.78 is 0. The first-order valence-electron chi connectivity index (χ1n) is 10.3. The average molecular weight is 390 g/mol. The van der Waals surface area contributed by atoms with Gasteiger partial charge in [-0.2, -0.15) is 5.10 Å². The average Bonchev–Trinajstić information content (AvgIpc) is 3.33. The zero-order valence-corrected chi connectivity index (χ0v) is 17.0. The molecule has 6 heteroatoms. The second kappa shape index (κ2) is 6.88. The highest BCUT2D eigenvalue weighted by molar-refractivity contribution is 5.98. The highest BCUT2D eigenvalue weighted by Gasteiger charge is 2.47. The number of aryl methyl sites for hydroxylation is 1. The van der Waals surface area contributed by atoms with Crippen LogP contribution in [0, 0.1) is 6.92 Å². The second-order valence-corrected chi connectivity index (χ2v) is 8.47. The molecule has 2 aromatic carbocycles. The van der Waals surface area contributed by atoms with Gasteiger partial charge in [0.25, 0.3) is 5.91 Å². The van der Waals surface area contributed by atoms with E-state index >= 15 is 0 Å². The van der Waals surface area contributed by atoms with Gasteiger partial charge >= 0.3 is 0 Å². The Bertz CT molecular complexity index is 1060. The number of aromatic nitrogens is 2. The SMILES string of the molecule is Cc1ccc(N2CCN(C)CC2)cc1C(=O)NC1(c2cccc3cn[nH]c23)CC1. The Morgan fingerprint density at radius 3 is 2.69 bits per heavy atom. The van der Waals surface area contributed by atoms with Gasteiger partial charge in [-0.25, -0.2) is 0 Å². The van der Waals surface area contributed by atoms with Crippen LogP contribution in [0.15, 0.2) is 42.6 Å². The molecule has 1 saturated carbocycles. The number of carbonyl (C=O) groups is 1. The number of benzene rings is 2. The molecular formula is C23H27N5O.